The van der Waals surface area contributed by atoms with Crippen molar-refractivity contribution in [2.24, 2.45) is 0 Å². The summed E-state index contributed by atoms with van der Waals surface area (Å²) < 4.78 is 5.12. The molecule has 0 aliphatic carbocycles. The van der Waals surface area contributed by atoms with E-state index >= 15 is 0 Å². The lowest BCUT2D eigenvalue weighted by molar-refractivity contribution is -0.127. The maximum atomic E-state index is 11.8. The second-order valence-electron chi connectivity index (χ2n) is 4.69. The fourth-order valence-corrected chi connectivity index (χ4v) is 2.62. The third-order valence-electron chi connectivity index (χ3n) is 2.90. The molecule has 0 radical (unpaired) electrons. The summed E-state index contributed by atoms with van der Waals surface area (Å²) in [4.78, 5) is 17.8. The van der Waals surface area contributed by atoms with Crippen LogP contribution < -0.4 is 4.74 Å². The molecule has 1 aromatic heterocycles. The monoisotopic (exact) mass is 306 g/mol. The van der Waals surface area contributed by atoms with Crippen LogP contribution in [0.25, 0.3) is 11.4 Å². The number of aromatic nitrogens is 3. The van der Waals surface area contributed by atoms with Gasteiger partial charge in [0.2, 0.25) is 11.1 Å². The lowest BCUT2D eigenvalue weighted by Gasteiger charge is -2.14. The van der Waals surface area contributed by atoms with E-state index < -0.39 is 0 Å². The van der Waals surface area contributed by atoms with Gasteiger partial charge in [0.05, 0.1) is 12.4 Å². The summed E-state index contributed by atoms with van der Waals surface area (Å²) in [6.45, 7) is 1.84. The van der Waals surface area contributed by atoms with Crippen molar-refractivity contribution in [1.82, 2.24) is 20.1 Å². The lowest BCUT2D eigenvalue weighted by Crippen LogP contribution is -2.29. The first-order valence-electron chi connectivity index (χ1n) is 6.46. The fraction of sp³-hybridized carbons (Fsp3) is 0.357. The number of hydrogen-bond acceptors (Lipinski definition) is 5. The number of rotatable bonds is 5. The Hall–Kier alpha value is -2.02. The standard InChI is InChI=1S/C14H18N4O2S/c1-9(13(19)18(2)3)21-14-15-12(16-17-14)10-5-7-11(20-4)8-6-10/h5-9H,1-4H3,(H,15,16,17)/t9-/m1/s1. The van der Waals surface area contributed by atoms with E-state index in [1.54, 1.807) is 26.1 Å². The van der Waals surface area contributed by atoms with Crippen LogP contribution >= 0.6 is 11.8 Å². The molecule has 112 valence electrons. The molecule has 0 aliphatic heterocycles. The van der Waals surface area contributed by atoms with E-state index in [-0.39, 0.29) is 11.2 Å². The number of benzene rings is 1. The predicted molar refractivity (Wildman–Crippen MR) is 82.4 cm³/mol. The minimum atomic E-state index is -0.223. The summed E-state index contributed by atoms with van der Waals surface area (Å²) in [6, 6.07) is 7.54. The van der Waals surface area contributed by atoms with Crippen molar-refractivity contribution in [3.63, 3.8) is 0 Å². The third-order valence-corrected chi connectivity index (χ3v) is 3.85. The molecule has 0 aliphatic rings. The average molecular weight is 306 g/mol. The first-order chi connectivity index (χ1) is 10.0. The number of methoxy groups -OCH3 is 1. The van der Waals surface area contributed by atoms with Gasteiger partial charge in [-0.3, -0.25) is 9.89 Å². The highest BCUT2D eigenvalue weighted by Gasteiger charge is 2.18. The number of nitrogens with zero attached hydrogens (tertiary/aromatic N) is 3. The van der Waals surface area contributed by atoms with E-state index in [1.165, 1.54) is 11.8 Å². The molecule has 1 atom stereocenters. The molecule has 1 amide bonds. The van der Waals surface area contributed by atoms with Crippen LogP contribution in [0.3, 0.4) is 0 Å². The van der Waals surface area contributed by atoms with Crippen LogP contribution in [-0.4, -0.2) is 52.4 Å². The Kier molecular flexibility index (Phi) is 4.85. The van der Waals surface area contributed by atoms with E-state index in [2.05, 4.69) is 15.2 Å². The number of carbonyl (C=O) groups is 1. The number of carbonyl (C=O) groups excluding carboxylic acids is 1. The quantitative estimate of drug-likeness (QED) is 0.856. The molecule has 2 rings (SSSR count). The van der Waals surface area contributed by atoms with Gasteiger partial charge in [-0.1, -0.05) is 11.8 Å². The van der Waals surface area contributed by atoms with Gasteiger partial charge in [0, 0.05) is 19.7 Å². The average Bonchev–Trinajstić information content (AvgIpc) is 2.94. The minimum absolute atomic E-state index is 0.0378. The Morgan fingerprint density at radius 1 is 1.33 bits per heavy atom. The Balaban J connectivity index is 2.08. The molecule has 0 saturated heterocycles. The maximum absolute atomic E-state index is 11.8. The van der Waals surface area contributed by atoms with Crippen molar-refractivity contribution in [3.8, 4) is 17.1 Å². The van der Waals surface area contributed by atoms with Crippen LogP contribution in [0.15, 0.2) is 29.4 Å². The summed E-state index contributed by atoms with van der Waals surface area (Å²) >= 11 is 1.33. The summed E-state index contributed by atoms with van der Waals surface area (Å²) in [5, 5.41) is 7.36. The van der Waals surface area contributed by atoms with Gasteiger partial charge in [-0.25, -0.2) is 4.98 Å². The van der Waals surface area contributed by atoms with Crippen LogP contribution in [0.1, 0.15) is 6.92 Å². The molecule has 0 bridgehead atoms. The molecule has 0 spiro atoms. The van der Waals surface area contributed by atoms with Crippen molar-refractivity contribution in [2.75, 3.05) is 21.2 Å². The molecule has 21 heavy (non-hydrogen) atoms. The molecule has 7 heteroatoms. The second kappa shape index (κ2) is 6.62. The lowest BCUT2D eigenvalue weighted by atomic mass is 10.2. The van der Waals surface area contributed by atoms with Gasteiger partial charge in [0.15, 0.2) is 5.82 Å². The highest BCUT2D eigenvalue weighted by Crippen LogP contribution is 2.24. The number of nitrogens with one attached hydrogen (secondary N) is 1. The Morgan fingerprint density at radius 2 is 2.00 bits per heavy atom. The molecule has 0 saturated carbocycles. The van der Waals surface area contributed by atoms with E-state index in [9.17, 15) is 4.79 Å². The zero-order chi connectivity index (χ0) is 15.4. The summed E-state index contributed by atoms with van der Waals surface area (Å²) in [5.41, 5.74) is 0.918. The zero-order valence-electron chi connectivity index (χ0n) is 12.5. The summed E-state index contributed by atoms with van der Waals surface area (Å²) in [6.07, 6.45) is 0. The predicted octanol–water partition coefficient (Wildman–Crippen LogP) is 2.05. The molecule has 0 fully saturated rings. The zero-order valence-corrected chi connectivity index (χ0v) is 13.3. The Bertz CT molecular complexity index is 610. The number of ether oxygens (including phenoxy) is 1. The Labute approximate surface area is 127 Å². The van der Waals surface area contributed by atoms with Gasteiger partial charge in [-0.15, -0.1) is 5.10 Å². The summed E-state index contributed by atoms with van der Waals surface area (Å²) in [5.74, 6) is 1.50. The van der Waals surface area contributed by atoms with Crippen molar-refractivity contribution in [1.29, 1.82) is 0 Å². The molecule has 0 unspecified atom stereocenters. The number of aromatic amines is 1. The van der Waals surface area contributed by atoms with E-state index in [0.717, 1.165) is 11.3 Å². The topological polar surface area (TPSA) is 71.1 Å². The van der Waals surface area contributed by atoms with Gasteiger partial charge < -0.3 is 9.64 Å². The van der Waals surface area contributed by atoms with Crippen molar-refractivity contribution in [2.45, 2.75) is 17.3 Å². The maximum Gasteiger partial charge on any atom is 0.235 e. The molecule has 1 N–H and O–H groups in total. The molecule has 6 nitrogen and oxygen atoms in total. The van der Waals surface area contributed by atoms with E-state index in [4.69, 9.17) is 4.74 Å². The van der Waals surface area contributed by atoms with Gasteiger partial charge in [0.1, 0.15) is 5.75 Å². The minimum Gasteiger partial charge on any atom is -0.497 e. The van der Waals surface area contributed by atoms with E-state index in [0.29, 0.717) is 11.0 Å². The smallest absolute Gasteiger partial charge is 0.235 e. The molecular formula is C14H18N4O2S. The summed E-state index contributed by atoms with van der Waals surface area (Å²) in [7, 11) is 5.10. The van der Waals surface area contributed by atoms with Crippen LogP contribution in [0.4, 0.5) is 0 Å². The molecule has 1 heterocycles. The van der Waals surface area contributed by atoms with Crippen molar-refractivity contribution >= 4 is 17.7 Å². The normalized spacial score (nSPS) is 12.0. The van der Waals surface area contributed by atoms with Crippen LogP contribution in [-0.2, 0) is 4.79 Å². The first kappa shape index (κ1) is 15.4. The number of thioether (sulfide) groups is 1. The fourth-order valence-electron chi connectivity index (χ4n) is 1.75. The molecule has 2 aromatic rings. The molecule has 1 aromatic carbocycles. The van der Waals surface area contributed by atoms with Gasteiger partial charge in [-0.05, 0) is 31.2 Å². The number of H-pyrrole nitrogens is 1. The van der Waals surface area contributed by atoms with E-state index in [1.807, 2.05) is 31.2 Å². The molecular weight excluding hydrogens is 288 g/mol. The number of hydrogen-bond donors (Lipinski definition) is 1. The third kappa shape index (κ3) is 3.75. The van der Waals surface area contributed by atoms with Crippen molar-refractivity contribution < 1.29 is 9.53 Å². The second-order valence-corrected chi connectivity index (χ2v) is 6.00. The number of amides is 1. The highest BCUT2D eigenvalue weighted by atomic mass is 32.2. The highest BCUT2D eigenvalue weighted by molar-refractivity contribution is 8.00. The van der Waals surface area contributed by atoms with Gasteiger partial charge in [-0.2, -0.15) is 0 Å². The van der Waals surface area contributed by atoms with Gasteiger partial charge in [0.25, 0.3) is 0 Å². The largest absolute Gasteiger partial charge is 0.497 e. The first-order valence-corrected chi connectivity index (χ1v) is 7.34. The SMILES string of the molecule is COc1ccc(-c2nc(S[C@H](C)C(=O)N(C)C)n[nH]2)cc1. The Morgan fingerprint density at radius 3 is 2.57 bits per heavy atom. The van der Waals surface area contributed by atoms with Crippen LogP contribution in [0.2, 0.25) is 0 Å². The van der Waals surface area contributed by atoms with Crippen molar-refractivity contribution in [3.05, 3.63) is 24.3 Å². The van der Waals surface area contributed by atoms with Crippen LogP contribution in [0, 0.1) is 0 Å². The van der Waals surface area contributed by atoms with Gasteiger partial charge >= 0.3 is 0 Å². The van der Waals surface area contributed by atoms with Crippen LogP contribution in [0.5, 0.6) is 5.75 Å².